The van der Waals surface area contributed by atoms with Crippen LogP contribution in [0.25, 0.3) is 0 Å². The highest BCUT2D eigenvalue weighted by Gasteiger charge is 2.08. The van der Waals surface area contributed by atoms with Crippen LogP contribution >= 0.6 is 12.2 Å². The normalized spacial score (nSPS) is 11.4. The van der Waals surface area contributed by atoms with E-state index in [1.54, 1.807) is 7.11 Å². The Kier molecular flexibility index (Phi) is 6.23. The van der Waals surface area contributed by atoms with Gasteiger partial charge >= 0.3 is 0 Å². The van der Waals surface area contributed by atoms with E-state index in [0.29, 0.717) is 11.7 Å². The van der Waals surface area contributed by atoms with Gasteiger partial charge in [0.05, 0.1) is 13.2 Å². The standard InChI is InChI=1S/C18H22N2O2S/c1-13-8-10-15(11-9-13)20-18(23)19-14(2)12-22-17-7-5-4-6-16(17)21-3/h4-11,14H,12H2,1-3H3,(H2,19,20,23)/t14-/m0/s1. The van der Waals surface area contributed by atoms with Gasteiger partial charge in [-0.2, -0.15) is 0 Å². The minimum absolute atomic E-state index is 0.0605. The van der Waals surface area contributed by atoms with Crippen molar-refractivity contribution in [3.05, 3.63) is 54.1 Å². The summed E-state index contributed by atoms with van der Waals surface area (Å²) in [5.41, 5.74) is 2.18. The number of hydrogen-bond acceptors (Lipinski definition) is 3. The zero-order chi connectivity index (χ0) is 16.7. The molecule has 0 heterocycles. The first-order chi connectivity index (χ1) is 11.1. The van der Waals surface area contributed by atoms with E-state index in [0.717, 1.165) is 17.2 Å². The largest absolute Gasteiger partial charge is 0.493 e. The summed E-state index contributed by atoms with van der Waals surface area (Å²) < 4.78 is 11.0. The molecule has 2 N–H and O–H groups in total. The van der Waals surface area contributed by atoms with Gasteiger partial charge < -0.3 is 20.1 Å². The zero-order valence-electron chi connectivity index (χ0n) is 13.6. The predicted molar refractivity (Wildman–Crippen MR) is 98.5 cm³/mol. The molecule has 0 fully saturated rings. The van der Waals surface area contributed by atoms with Crippen molar-refractivity contribution in [3.8, 4) is 11.5 Å². The number of nitrogens with one attached hydrogen (secondary N) is 2. The Morgan fingerprint density at radius 3 is 2.39 bits per heavy atom. The van der Waals surface area contributed by atoms with Crippen molar-refractivity contribution in [2.24, 2.45) is 0 Å². The van der Waals surface area contributed by atoms with Gasteiger partial charge in [-0.3, -0.25) is 0 Å². The number of ether oxygens (including phenoxy) is 2. The van der Waals surface area contributed by atoms with Crippen LogP contribution < -0.4 is 20.1 Å². The van der Waals surface area contributed by atoms with E-state index in [1.807, 2.05) is 55.5 Å². The van der Waals surface area contributed by atoms with Crippen LogP contribution in [0, 0.1) is 6.92 Å². The molecule has 0 saturated heterocycles. The van der Waals surface area contributed by atoms with Crippen molar-refractivity contribution in [2.75, 3.05) is 19.0 Å². The van der Waals surface area contributed by atoms with Crippen LogP contribution in [0.15, 0.2) is 48.5 Å². The minimum atomic E-state index is 0.0605. The average Bonchev–Trinajstić information content (AvgIpc) is 2.55. The molecule has 0 amide bonds. The van der Waals surface area contributed by atoms with Crippen molar-refractivity contribution < 1.29 is 9.47 Å². The fourth-order valence-corrected chi connectivity index (χ4v) is 2.34. The summed E-state index contributed by atoms with van der Waals surface area (Å²) in [5, 5.41) is 6.94. The molecule has 2 aromatic rings. The Bertz CT molecular complexity index is 644. The number of thiocarbonyl (C=S) groups is 1. The van der Waals surface area contributed by atoms with Crippen molar-refractivity contribution in [3.63, 3.8) is 0 Å². The lowest BCUT2D eigenvalue weighted by Gasteiger charge is -2.18. The summed E-state index contributed by atoms with van der Waals surface area (Å²) in [6.07, 6.45) is 0. The number of rotatable bonds is 6. The molecule has 0 aliphatic rings. The van der Waals surface area contributed by atoms with Crippen LogP contribution in [0.3, 0.4) is 0 Å². The first kappa shape index (κ1) is 17.1. The van der Waals surface area contributed by atoms with Gasteiger partial charge in [0, 0.05) is 5.69 Å². The summed E-state index contributed by atoms with van der Waals surface area (Å²) in [7, 11) is 1.63. The maximum Gasteiger partial charge on any atom is 0.171 e. The Balaban J connectivity index is 1.81. The molecule has 0 unspecified atom stereocenters. The van der Waals surface area contributed by atoms with Crippen LogP contribution in [0.5, 0.6) is 11.5 Å². The third-order valence-corrected chi connectivity index (χ3v) is 3.46. The number of anilines is 1. The molecule has 0 aliphatic heterocycles. The van der Waals surface area contributed by atoms with Gasteiger partial charge in [-0.25, -0.2) is 0 Å². The van der Waals surface area contributed by atoms with Gasteiger partial charge in [-0.1, -0.05) is 29.8 Å². The molecule has 5 heteroatoms. The van der Waals surface area contributed by atoms with Crippen LogP contribution in [0.4, 0.5) is 5.69 Å². The van der Waals surface area contributed by atoms with Crippen LogP contribution in [0.2, 0.25) is 0 Å². The molecule has 0 saturated carbocycles. The van der Waals surface area contributed by atoms with Crippen molar-refractivity contribution >= 4 is 23.0 Å². The van der Waals surface area contributed by atoms with Crippen molar-refractivity contribution in [1.82, 2.24) is 5.32 Å². The maximum absolute atomic E-state index is 5.78. The van der Waals surface area contributed by atoms with E-state index in [1.165, 1.54) is 5.56 Å². The predicted octanol–water partition coefficient (Wildman–Crippen LogP) is 3.76. The smallest absolute Gasteiger partial charge is 0.171 e. The molecule has 122 valence electrons. The minimum Gasteiger partial charge on any atom is -0.493 e. The molecule has 2 rings (SSSR count). The van der Waals surface area contributed by atoms with Gasteiger partial charge in [0.2, 0.25) is 0 Å². The van der Waals surface area contributed by atoms with Gasteiger partial charge in [0.15, 0.2) is 16.6 Å². The Hall–Kier alpha value is -2.27. The van der Waals surface area contributed by atoms with Gasteiger partial charge in [0.25, 0.3) is 0 Å². The maximum atomic E-state index is 5.78. The molecule has 0 bridgehead atoms. The van der Waals surface area contributed by atoms with E-state index in [9.17, 15) is 0 Å². The third kappa shape index (κ3) is 5.45. The lowest BCUT2D eigenvalue weighted by molar-refractivity contribution is 0.270. The monoisotopic (exact) mass is 330 g/mol. The van der Waals surface area contributed by atoms with E-state index in [2.05, 4.69) is 17.6 Å². The molecule has 0 aromatic heterocycles. The van der Waals surface area contributed by atoms with Crippen LogP contribution in [-0.2, 0) is 0 Å². The highest BCUT2D eigenvalue weighted by Crippen LogP contribution is 2.25. The first-order valence-corrected chi connectivity index (χ1v) is 7.89. The second-order valence-corrected chi connectivity index (χ2v) is 5.74. The molecule has 0 radical (unpaired) electrons. The summed E-state index contributed by atoms with van der Waals surface area (Å²) in [4.78, 5) is 0. The summed E-state index contributed by atoms with van der Waals surface area (Å²) in [6, 6.07) is 15.7. The second kappa shape index (κ2) is 8.39. The number of methoxy groups -OCH3 is 1. The fourth-order valence-electron chi connectivity index (χ4n) is 2.02. The fraction of sp³-hybridized carbons (Fsp3) is 0.278. The molecular formula is C18H22N2O2S. The van der Waals surface area contributed by atoms with Gasteiger partial charge in [0.1, 0.15) is 6.61 Å². The Labute approximate surface area is 142 Å². The topological polar surface area (TPSA) is 42.5 Å². The average molecular weight is 330 g/mol. The Morgan fingerprint density at radius 2 is 1.74 bits per heavy atom. The zero-order valence-corrected chi connectivity index (χ0v) is 14.4. The number of aryl methyl sites for hydroxylation is 1. The molecule has 1 atom stereocenters. The van der Waals surface area contributed by atoms with Gasteiger partial charge in [-0.15, -0.1) is 0 Å². The molecule has 4 nitrogen and oxygen atoms in total. The SMILES string of the molecule is COc1ccccc1OC[C@H](C)NC(=S)Nc1ccc(C)cc1. The van der Waals surface area contributed by atoms with Crippen molar-refractivity contribution in [2.45, 2.75) is 19.9 Å². The molecule has 23 heavy (non-hydrogen) atoms. The quantitative estimate of drug-likeness (QED) is 0.790. The Morgan fingerprint density at radius 1 is 1.09 bits per heavy atom. The van der Waals surface area contributed by atoms with Crippen molar-refractivity contribution in [1.29, 1.82) is 0 Å². The van der Waals surface area contributed by atoms with Crippen LogP contribution in [-0.4, -0.2) is 24.9 Å². The summed E-state index contributed by atoms with van der Waals surface area (Å²) >= 11 is 5.32. The van der Waals surface area contributed by atoms with E-state index >= 15 is 0 Å². The van der Waals surface area contributed by atoms with E-state index in [4.69, 9.17) is 21.7 Å². The second-order valence-electron chi connectivity index (χ2n) is 5.33. The lowest BCUT2D eigenvalue weighted by Crippen LogP contribution is -2.39. The summed E-state index contributed by atoms with van der Waals surface area (Å²) in [6.45, 7) is 4.55. The first-order valence-electron chi connectivity index (χ1n) is 7.48. The highest BCUT2D eigenvalue weighted by atomic mass is 32.1. The number of hydrogen-bond donors (Lipinski definition) is 2. The van der Waals surface area contributed by atoms with E-state index < -0.39 is 0 Å². The molecule has 0 spiro atoms. The molecule has 2 aromatic carbocycles. The van der Waals surface area contributed by atoms with Crippen LogP contribution in [0.1, 0.15) is 12.5 Å². The third-order valence-electron chi connectivity index (χ3n) is 3.24. The summed E-state index contributed by atoms with van der Waals surface area (Å²) in [5.74, 6) is 1.45. The van der Waals surface area contributed by atoms with Gasteiger partial charge in [-0.05, 0) is 50.3 Å². The van der Waals surface area contributed by atoms with E-state index in [-0.39, 0.29) is 6.04 Å². The lowest BCUT2D eigenvalue weighted by atomic mass is 10.2. The number of benzene rings is 2. The number of para-hydroxylation sites is 2. The molecular weight excluding hydrogens is 308 g/mol. The highest BCUT2D eigenvalue weighted by molar-refractivity contribution is 7.80. The molecule has 0 aliphatic carbocycles.